The van der Waals surface area contributed by atoms with Crippen LogP contribution in [0.25, 0.3) is 0 Å². The highest BCUT2D eigenvalue weighted by atomic mass is 16.3. The number of hydrogen-bond donors (Lipinski definition) is 1. The summed E-state index contributed by atoms with van der Waals surface area (Å²) in [6, 6.07) is 12.1. The predicted octanol–water partition coefficient (Wildman–Crippen LogP) is 3.06. The van der Waals surface area contributed by atoms with Gasteiger partial charge >= 0.3 is 0 Å². The minimum atomic E-state index is 0.0107. The summed E-state index contributed by atoms with van der Waals surface area (Å²) in [5, 5.41) is 3.03. The molecule has 3 nitrogen and oxygen atoms in total. The molecular formula is C17H19NO2. The maximum absolute atomic E-state index is 12.3. The van der Waals surface area contributed by atoms with Gasteiger partial charge in [0, 0.05) is 13.0 Å². The molecule has 0 saturated carbocycles. The van der Waals surface area contributed by atoms with Crippen LogP contribution in [-0.4, -0.2) is 12.5 Å². The molecule has 1 atom stereocenters. The van der Waals surface area contributed by atoms with Gasteiger partial charge in [0.1, 0.15) is 5.76 Å². The molecule has 1 N–H and O–H groups in total. The van der Waals surface area contributed by atoms with Gasteiger partial charge in [-0.25, -0.2) is 0 Å². The lowest BCUT2D eigenvalue weighted by molar-refractivity contribution is -0.122. The number of fused-ring (bicyclic) bond motifs is 1. The molecule has 0 aliphatic heterocycles. The third-order valence-electron chi connectivity index (χ3n) is 3.94. The van der Waals surface area contributed by atoms with E-state index in [2.05, 4.69) is 23.5 Å². The van der Waals surface area contributed by atoms with Crippen molar-refractivity contribution < 1.29 is 9.21 Å². The second-order valence-corrected chi connectivity index (χ2v) is 5.26. The van der Waals surface area contributed by atoms with E-state index in [1.165, 1.54) is 11.1 Å². The third-order valence-corrected chi connectivity index (χ3v) is 3.94. The molecule has 1 aliphatic carbocycles. The van der Waals surface area contributed by atoms with Gasteiger partial charge in [0.15, 0.2) is 0 Å². The van der Waals surface area contributed by atoms with Crippen LogP contribution in [-0.2, 0) is 17.6 Å². The van der Waals surface area contributed by atoms with E-state index in [1.54, 1.807) is 6.26 Å². The van der Waals surface area contributed by atoms with Crippen molar-refractivity contribution in [1.82, 2.24) is 5.32 Å². The highest BCUT2D eigenvalue weighted by molar-refractivity contribution is 5.84. The van der Waals surface area contributed by atoms with Crippen molar-refractivity contribution in [2.24, 2.45) is 0 Å². The fourth-order valence-corrected chi connectivity index (χ4v) is 2.91. The molecule has 0 fully saturated rings. The monoisotopic (exact) mass is 269 g/mol. The summed E-state index contributed by atoms with van der Waals surface area (Å²) >= 11 is 0. The zero-order valence-corrected chi connectivity index (χ0v) is 11.5. The molecule has 1 heterocycles. The van der Waals surface area contributed by atoms with Crippen LogP contribution >= 0.6 is 0 Å². The van der Waals surface area contributed by atoms with Gasteiger partial charge in [0.25, 0.3) is 0 Å². The summed E-state index contributed by atoms with van der Waals surface area (Å²) in [4.78, 5) is 12.3. The largest absolute Gasteiger partial charge is 0.469 e. The number of rotatable bonds is 4. The number of aryl methyl sites for hydroxylation is 1. The van der Waals surface area contributed by atoms with Crippen molar-refractivity contribution in [3.63, 3.8) is 0 Å². The Morgan fingerprint density at radius 3 is 3.00 bits per heavy atom. The molecule has 0 spiro atoms. The van der Waals surface area contributed by atoms with Gasteiger partial charge in [-0.1, -0.05) is 24.3 Å². The first-order valence-electron chi connectivity index (χ1n) is 7.22. The molecule has 1 aromatic carbocycles. The van der Waals surface area contributed by atoms with Gasteiger partial charge in [-0.15, -0.1) is 0 Å². The molecule has 1 unspecified atom stereocenters. The average molecular weight is 269 g/mol. The second-order valence-electron chi connectivity index (χ2n) is 5.26. The lowest BCUT2D eigenvalue weighted by atomic mass is 9.82. The average Bonchev–Trinajstić information content (AvgIpc) is 3.00. The predicted molar refractivity (Wildman–Crippen MR) is 77.5 cm³/mol. The topological polar surface area (TPSA) is 42.2 Å². The quantitative estimate of drug-likeness (QED) is 0.927. The third kappa shape index (κ3) is 2.77. The van der Waals surface area contributed by atoms with Crippen molar-refractivity contribution in [1.29, 1.82) is 0 Å². The Bertz CT molecular complexity index is 574. The van der Waals surface area contributed by atoms with Crippen molar-refractivity contribution in [3.8, 4) is 0 Å². The van der Waals surface area contributed by atoms with Crippen LogP contribution in [0.4, 0.5) is 0 Å². The van der Waals surface area contributed by atoms with E-state index >= 15 is 0 Å². The van der Waals surface area contributed by atoms with Gasteiger partial charge in [0.2, 0.25) is 5.91 Å². The van der Waals surface area contributed by atoms with Crippen LogP contribution in [0, 0.1) is 0 Å². The highest BCUT2D eigenvalue weighted by Crippen LogP contribution is 2.31. The Balaban J connectivity index is 1.60. The van der Waals surface area contributed by atoms with E-state index in [0.717, 1.165) is 31.4 Å². The molecule has 0 saturated heterocycles. The number of carbonyl (C=O) groups is 1. The van der Waals surface area contributed by atoms with E-state index in [4.69, 9.17) is 4.42 Å². The zero-order valence-electron chi connectivity index (χ0n) is 11.5. The molecule has 3 heteroatoms. The van der Waals surface area contributed by atoms with E-state index in [-0.39, 0.29) is 11.8 Å². The molecule has 0 radical (unpaired) electrons. The number of hydrogen-bond acceptors (Lipinski definition) is 2. The first-order chi connectivity index (χ1) is 9.84. The molecule has 104 valence electrons. The molecule has 2 aromatic rings. The van der Waals surface area contributed by atoms with Crippen molar-refractivity contribution in [2.75, 3.05) is 6.54 Å². The SMILES string of the molecule is O=C(NCCc1ccco1)C1CCCc2ccccc21. The summed E-state index contributed by atoms with van der Waals surface area (Å²) in [6.45, 7) is 0.630. The normalized spacial score (nSPS) is 17.5. The van der Waals surface area contributed by atoms with Crippen LogP contribution < -0.4 is 5.32 Å². The van der Waals surface area contributed by atoms with E-state index in [1.807, 2.05) is 18.2 Å². The Labute approximate surface area is 119 Å². The minimum Gasteiger partial charge on any atom is -0.469 e. The van der Waals surface area contributed by atoms with Crippen molar-refractivity contribution in [3.05, 3.63) is 59.5 Å². The molecule has 20 heavy (non-hydrogen) atoms. The van der Waals surface area contributed by atoms with Crippen LogP contribution in [0.5, 0.6) is 0 Å². The molecular weight excluding hydrogens is 250 g/mol. The zero-order chi connectivity index (χ0) is 13.8. The minimum absolute atomic E-state index is 0.0107. The number of benzene rings is 1. The van der Waals surface area contributed by atoms with Gasteiger partial charge in [0.05, 0.1) is 12.2 Å². The number of carbonyl (C=O) groups excluding carboxylic acids is 1. The van der Waals surface area contributed by atoms with Crippen LogP contribution in [0.3, 0.4) is 0 Å². The van der Waals surface area contributed by atoms with Crippen molar-refractivity contribution in [2.45, 2.75) is 31.6 Å². The first kappa shape index (κ1) is 13.0. The Morgan fingerprint density at radius 1 is 1.25 bits per heavy atom. The maximum atomic E-state index is 12.3. The van der Waals surface area contributed by atoms with Crippen LogP contribution in [0.2, 0.25) is 0 Å². The fourth-order valence-electron chi connectivity index (χ4n) is 2.91. The van der Waals surface area contributed by atoms with Gasteiger partial charge in [-0.3, -0.25) is 4.79 Å². The van der Waals surface area contributed by atoms with Crippen LogP contribution in [0.15, 0.2) is 47.1 Å². The van der Waals surface area contributed by atoms with Crippen LogP contribution in [0.1, 0.15) is 35.6 Å². The van der Waals surface area contributed by atoms with Gasteiger partial charge in [-0.2, -0.15) is 0 Å². The van der Waals surface area contributed by atoms with Gasteiger partial charge in [-0.05, 0) is 42.5 Å². The summed E-state index contributed by atoms with van der Waals surface area (Å²) in [7, 11) is 0. The standard InChI is InChI=1S/C17H19NO2/c19-17(18-11-10-14-7-4-12-20-14)16-9-3-6-13-5-1-2-8-15(13)16/h1-2,4-5,7-8,12,16H,3,6,9-11H2,(H,18,19). The Hall–Kier alpha value is -2.03. The maximum Gasteiger partial charge on any atom is 0.227 e. The Kier molecular flexibility index (Phi) is 3.86. The highest BCUT2D eigenvalue weighted by Gasteiger charge is 2.25. The van der Waals surface area contributed by atoms with E-state index < -0.39 is 0 Å². The Morgan fingerprint density at radius 2 is 2.15 bits per heavy atom. The summed E-state index contributed by atoms with van der Waals surface area (Å²) in [5.74, 6) is 1.06. The lowest BCUT2D eigenvalue weighted by Crippen LogP contribution is -2.32. The number of amides is 1. The smallest absolute Gasteiger partial charge is 0.227 e. The summed E-state index contributed by atoms with van der Waals surface area (Å²) in [6.07, 6.45) is 5.53. The first-order valence-corrected chi connectivity index (χ1v) is 7.22. The fraction of sp³-hybridized carbons (Fsp3) is 0.353. The molecule has 1 aliphatic rings. The number of nitrogens with one attached hydrogen (secondary N) is 1. The van der Waals surface area contributed by atoms with Gasteiger partial charge < -0.3 is 9.73 Å². The summed E-state index contributed by atoms with van der Waals surface area (Å²) in [5.41, 5.74) is 2.53. The van der Waals surface area contributed by atoms with E-state index in [0.29, 0.717) is 6.54 Å². The molecule has 1 aromatic heterocycles. The molecule has 1 amide bonds. The summed E-state index contributed by atoms with van der Waals surface area (Å²) < 4.78 is 5.27. The number of furan rings is 1. The molecule has 0 bridgehead atoms. The lowest BCUT2D eigenvalue weighted by Gasteiger charge is -2.24. The van der Waals surface area contributed by atoms with Crippen molar-refractivity contribution >= 4 is 5.91 Å². The second kappa shape index (κ2) is 5.95. The van der Waals surface area contributed by atoms with E-state index in [9.17, 15) is 4.79 Å². The molecule has 3 rings (SSSR count).